The van der Waals surface area contributed by atoms with Crippen LogP contribution in [-0.4, -0.2) is 35.0 Å². The number of hydrogen-bond donors (Lipinski definition) is 4. The van der Waals surface area contributed by atoms with Crippen LogP contribution in [0.3, 0.4) is 0 Å². The van der Waals surface area contributed by atoms with Crippen LogP contribution in [0.1, 0.15) is 23.4 Å². The number of hydrogen-bond acceptors (Lipinski definition) is 4. The molecule has 27 heavy (non-hydrogen) atoms. The van der Waals surface area contributed by atoms with Crippen LogP contribution in [-0.2, 0) is 17.8 Å². The molecule has 0 radical (unpaired) electrons. The smallest absolute Gasteiger partial charge is 0.237 e. The molecule has 2 heterocycles. The Bertz CT molecular complexity index is 921. The van der Waals surface area contributed by atoms with E-state index in [2.05, 4.69) is 63.1 Å². The Balaban J connectivity index is 1.39. The number of aromatic nitrogens is 2. The van der Waals surface area contributed by atoms with E-state index >= 15 is 0 Å². The van der Waals surface area contributed by atoms with E-state index in [1.165, 1.54) is 11.1 Å². The first-order chi connectivity index (χ1) is 13.2. The zero-order valence-electron chi connectivity index (χ0n) is 15.2. The van der Waals surface area contributed by atoms with Crippen molar-refractivity contribution in [2.24, 2.45) is 11.7 Å². The highest BCUT2D eigenvalue weighted by atomic mass is 16.2. The van der Waals surface area contributed by atoms with Crippen molar-refractivity contribution in [2.75, 3.05) is 13.1 Å². The lowest BCUT2D eigenvalue weighted by Gasteiger charge is -2.10. The molecule has 1 aliphatic heterocycles. The standard InChI is InChI=1S/C21H25N5O/c22-11-16-10-19(23-12-16)21(27)24-13-20-25-17-7-6-15(9-18(17)26-20)8-14-4-2-1-3-5-14/h1-7,9,16,19,23H,8,10-13,22H2,(H,24,27)(H,25,26)/t16-,19+/m0/s1. The molecular weight excluding hydrogens is 338 g/mol. The van der Waals surface area contributed by atoms with Gasteiger partial charge in [0.2, 0.25) is 5.91 Å². The Labute approximate surface area is 158 Å². The van der Waals surface area contributed by atoms with Crippen molar-refractivity contribution < 1.29 is 4.79 Å². The molecule has 0 spiro atoms. The number of H-pyrrole nitrogens is 1. The minimum Gasteiger partial charge on any atom is -0.348 e. The van der Waals surface area contributed by atoms with Crippen LogP contribution in [0, 0.1) is 5.92 Å². The van der Waals surface area contributed by atoms with Gasteiger partial charge in [-0.2, -0.15) is 0 Å². The van der Waals surface area contributed by atoms with Crippen molar-refractivity contribution in [3.05, 3.63) is 65.5 Å². The molecule has 0 saturated carbocycles. The minimum atomic E-state index is -0.152. The molecular formula is C21H25N5O. The first-order valence-corrected chi connectivity index (χ1v) is 9.44. The third kappa shape index (κ3) is 4.18. The maximum absolute atomic E-state index is 12.3. The van der Waals surface area contributed by atoms with Gasteiger partial charge in [0.05, 0.1) is 23.6 Å². The molecule has 140 valence electrons. The maximum Gasteiger partial charge on any atom is 0.237 e. The lowest BCUT2D eigenvalue weighted by atomic mass is 10.0. The fourth-order valence-corrected chi connectivity index (χ4v) is 3.61. The van der Waals surface area contributed by atoms with Gasteiger partial charge in [-0.25, -0.2) is 4.98 Å². The number of carbonyl (C=O) groups excluding carboxylic acids is 1. The molecule has 1 saturated heterocycles. The number of aromatic amines is 1. The van der Waals surface area contributed by atoms with E-state index in [4.69, 9.17) is 5.73 Å². The fraction of sp³-hybridized carbons (Fsp3) is 0.333. The summed E-state index contributed by atoms with van der Waals surface area (Å²) in [4.78, 5) is 20.2. The van der Waals surface area contributed by atoms with Crippen LogP contribution in [0.25, 0.3) is 11.0 Å². The lowest BCUT2D eigenvalue weighted by molar-refractivity contribution is -0.123. The first-order valence-electron chi connectivity index (χ1n) is 9.44. The average molecular weight is 363 g/mol. The molecule has 5 N–H and O–H groups in total. The fourth-order valence-electron chi connectivity index (χ4n) is 3.61. The van der Waals surface area contributed by atoms with Crippen LogP contribution < -0.4 is 16.4 Å². The molecule has 1 fully saturated rings. The Morgan fingerprint density at radius 2 is 2.04 bits per heavy atom. The third-order valence-electron chi connectivity index (χ3n) is 5.15. The topological polar surface area (TPSA) is 95.8 Å². The van der Waals surface area contributed by atoms with Gasteiger partial charge >= 0.3 is 0 Å². The van der Waals surface area contributed by atoms with Gasteiger partial charge in [0.25, 0.3) is 0 Å². The molecule has 1 aliphatic rings. The van der Waals surface area contributed by atoms with Crippen LogP contribution in [0.15, 0.2) is 48.5 Å². The van der Waals surface area contributed by atoms with Gasteiger partial charge in [-0.3, -0.25) is 4.79 Å². The van der Waals surface area contributed by atoms with Gasteiger partial charge in [-0.15, -0.1) is 0 Å². The van der Waals surface area contributed by atoms with Crippen molar-refractivity contribution in [2.45, 2.75) is 25.4 Å². The van der Waals surface area contributed by atoms with E-state index in [0.717, 1.165) is 36.2 Å². The summed E-state index contributed by atoms with van der Waals surface area (Å²) in [6.07, 6.45) is 1.68. The molecule has 0 unspecified atom stereocenters. The van der Waals surface area contributed by atoms with Crippen LogP contribution >= 0.6 is 0 Å². The largest absolute Gasteiger partial charge is 0.348 e. The molecule has 6 heteroatoms. The van der Waals surface area contributed by atoms with Crippen molar-refractivity contribution >= 4 is 16.9 Å². The molecule has 0 aliphatic carbocycles. The third-order valence-corrected chi connectivity index (χ3v) is 5.15. The molecule has 0 bridgehead atoms. The summed E-state index contributed by atoms with van der Waals surface area (Å²) in [5, 5.41) is 6.19. The predicted molar refractivity (Wildman–Crippen MR) is 106 cm³/mol. The number of fused-ring (bicyclic) bond motifs is 1. The molecule has 1 amide bonds. The van der Waals surface area contributed by atoms with Crippen LogP contribution in [0.5, 0.6) is 0 Å². The summed E-state index contributed by atoms with van der Waals surface area (Å²) in [6.45, 7) is 1.82. The highest BCUT2D eigenvalue weighted by molar-refractivity contribution is 5.82. The summed E-state index contributed by atoms with van der Waals surface area (Å²) in [5.74, 6) is 1.16. The quantitative estimate of drug-likeness (QED) is 0.536. The van der Waals surface area contributed by atoms with E-state index in [1.54, 1.807) is 0 Å². The molecule has 2 atom stereocenters. The SMILES string of the molecule is NC[C@H]1CN[C@@H](C(=O)NCc2nc3cc(Cc4ccccc4)ccc3[nH]2)C1. The molecule has 1 aromatic heterocycles. The van der Waals surface area contributed by atoms with Gasteiger partial charge in [-0.05, 0) is 55.1 Å². The molecule has 4 rings (SSSR count). The van der Waals surface area contributed by atoms with E-state index in [0.29, 0.717) is 19.0 Å². The van der Waals surface area contributed by atoms with Gasteiger partial charge in [0, 0.05) is 0 Å². The normalized spacial score (nSPS) is 19.4. The number of benzene rings is 2. The van der Waals surface area contributed by atoms with E-state index < -0.39 is 0 Å². The summed E-state index contributed by atoms with van der Waals surface area (Å²) >= 11 is 0. The van der Waals surface area contributed by atoms with Crippen LogP contribution in [0.2, 0.25) is 0 Å². The number of nitrogens with zero attached hydrogens (tertiary/aromatic N) is 1. The Morgan fingerprint density at radius 3 is 2.81 bits per heavy atom. The van der Waals surface area contributed by atoms with Crippen molar-refractivity contribution in [3.8, 4) is 0 Å². The summed E-state index contributed by atoms with van der Waals surface area (Å²) in [5.41, 5.74) is 10.1. The van der Waals surface area contributed by atoms with Gasteiger partial charge in [-0.1, -0.05) is 36.4 Å². The van der Waals surface area contributed by atoms with E-state index in [9.17, 15) is 4.79 Å². The number of rotatable bonds is 6. The number of imidazole rings is 1. The Hall–Kier alpha value is -2.70. The monoisotopic (exact) mass is 363 g/mol. The first kappa shape index (κ1) is 17.7. The minimum absolute atomic E-state index is 0.0103. The van der Waals surface area contributed by atoms with Crippen molar-refractivity contribution in [3.63, 3.8) is 0 Å². The Kier molecular flexibility index (Phi) is 5.18. The van der Waals surface area contributed by atoms with Crippen molar-refractivity contribution in [1.82, 2.24) is 20.6 Å². The van der Waals surface area contributed by atoms with Gasteiger partial charge < -0.3 is 21.4 Å². The molecule has 2 aromatic carbocycles. The van der Waals surface area contributed by atoms with E-state index in [1.807, 2.05) is 6.07 Å². The number of nitrogens with two attached hydrogens (primary N) is 1. The zero-order valence-corrected chi connectivity index (χ0v) is 15.2. The number of carbonyl (C=O) groups is 1. The Morgan fingerprint density at radius 1 is 1.19 bits per heavy atom. The second-order valence-electron chi connectivity index (χ2n) is 7.21. The molecule has 3 aromatic rings. The maximum atomic E-state index is 12.3. The second-order valence-corrected chi connectivity index (χ2v) is 7.21. The second kappa shape index (κ2) is 7.90. The van der Waals surface area contributed by atoms with Gasteiger partial charge in [0.15, 0.2) is 0 Å². The predicted octanol–water partition coefficient (Wildman–Crippen LogP) is 1.71. The zero-order chi connectivity index (χ0) is 18.6. The van der Waals surface area contributed by atoms with Crippen LogP contribution in [0.4, 0.5) is 0 Å². The highest BCUT2D eigenvalue weighted by Crippen LogP contribution is 2.17. The summed E-state index contributed by atoms with van der Waals surface area (Å²) < 4.78 is 0. The molecule has 6 nitrogen and oxygen atoms in total. The lowest BCUT2D eigenvalue weighted by Crippen LogP contribution is -2.40. The summed E-state index contributed by atoms with van der Waals surface area (Å²) in [7, 11) is 0. The highest BCUT2D eigenvalue weighted by Gasteiger charge is 2.28. The average Bonchev–Trinajstić information content (AvgIpc) is 3.33. The number of nitrogens with one attached hydrogen (secondary N) is 3. The number of amides is 1. The summed E-state index contributed by atoms with van der Waals surface area (Å²) in [6, 6.07) is 16.5. The van der Waals surface area contributed by atoms with E-state index in [-0.39, 0.29) is 11.9 Å². The van der Waals surface area contributed by atoms with Gasteiger partial charge in [0.1, 0.15) is 5.82 Å². The van der Waals surface area contributed by atoms with Crippen molar-refractivity contribution in [1.29, 1.82) is 0 Å².